The van der Waals surface area contributed by atoms with Gasteiger partial charge in [0.15, 0.2) is 0 Å². The fourth-order valence-electron chi connectivity index (χ4n) is 2.22. The first kappa shape index (κ1) is 15.1. The van der Waals surface area contributed by atoms with Crippen LogP contribution in [-0.2, 0) is 0 Å². The summed E-state index contributed by atoms with van der Waals surface area (Å²) in [7, 11) is 0. The lowest BCUT2D eigenvalue weighted by molar-refractivity contribution is 0.516. The average molecular weight is 303 g/mol. The summed E-state index contributed by atoms with van der Waals surface area (Å²) in [5, 5.41) is 3.82. The predicted octanol–water partition coefficient (Wildman–Crippen LogP) is 3.85. The van der Waals surface area contributed by atoms with Crippen molar-refractivity contribution in [1.82, 2.24) is 5.32 Å². The summed E-state index contributed by atoms with van der Waals surface area (Å²) in [6.45, 7) is 2.96. The van der Waals surface area contributed by atoms with E-state index in [0.29, 0.717) is 5.25 Å². The molecule has 0 saturated carbocycles. The van der Waals surface area contributed by atoms with Crippen molar-refractivity contribution in [1.29, 1.82) is 0 Å². The highest BCUT2D eigenvalue weighted by Gasteiger charge is 2.26. The molecule has 1 aliphatic rings. The Morgan fingerprint density at radius 2 is 2.00 bits per heavy atom. The van der Waals surface area contributed by atoms with Gasteiger partial charge in [0.1, 0.15) is 11.6 Å². The highest BCUT2D eigenvalue weighted by Crippen LogP contribution is 2.34. The molecule has 1 fully saturated rings. The summed E-state index contributed by atoms with van der Waals surface area (Å²) in [5.74, 6) is 2.32. The quantitative estimate of drug-likeness (QED) is 0.887. The second-order valence-corrected chi connectivity index (χ2v) is 7.12. The Bertz CT molecular complexity index is 388. The van der Waals surface area contributed by atoms with Crippen LogP contribution in [0.1, 0.15) is 24.9 Å². The molecule has 0 amide bonds. The third-order valence-electron chi connectivity index (χ3n) is 3.07. The molecule has 19 heavy (non-hydrogen) atoms. The number of thioether (sulfide) groups is 2. The smallest absolute Gasteiger partial charge is 0.126 e. The molecule has 0 bridgehead atoms. The first-order valence-corrected chi connectivity index (χ1v) is 8.79. The van der Waals surface area contributed by atoms with E-state index < -0.39 is 11.6 Å². The van der Waals surface area contributed by atoms with Gasteiger partial charge < -0.3 is 5.32 Å². The topological polar surface area (TPSA) is 12.0 Å². The number of halogens is 2. The zero-order valence-corrected chi connectivity index (χ0v) is 12.6. The van der Waals surface area contributed by atoms with Gasteiger partial charge in [-0.25, -0.2) is 8.78 Å². The maximum atomic E-state index is 13.4. The van der Waals surface area contributed by atoms with Crippen molar-refractivity contribution < 1.29 is 8.78 Å². The van der Waals surface area contributed by atoms with Crippen molar-refractivity contribution in [3.63, 3.8) is 0 Å². The third-order valence-corrected chi connectivity index (χ3v) is 5.94. The van der Waals surface area contributed by atoms with Crippen LogP contribution in [0.2, 0.25) is 0 Å². The molecule has 1 heterocycles. The zero-order valence-electron chi connectivity index (χ0n) is 11.0. The van der Waals surface area contributed by atoms with Crippen LogP contribution in [0.15, 0.2) is 18.2 Å². The second-order valence-electron chi connectivity index (χ2n) is 4.62. The molecule has 1 N–H and O–H groups in total. The number of nitrogens with one attached hydrogen (secondary N) is 1. The first-order chi connectivity index (χ1) is 9.20. The number of benzene rings is 1. The highest BCUT2D eigenvalue weighted by molar-refractivity contribution is 8.06. The second kappa shape index (κ2) is 7.50. The molecule has 2 unspecified atom stereocenters. The molecule has 2 atom stereocenters. The van der Waals surface area contributed by atoms with Crippen LogP contribution in [0.5, 0.6) is 0 Å². The van der Waals surface area contributed by atoms with Gasteiger partial charge in [-0.1, -0.05) is 6.92 Å². The minimum Gasteiger partial charge on any atom is -0.309 e. The van der Waals surface area contributed by atoms with Crippen LogP contribution >= 0.6 is 23.5 Å². The van der Waals surface area contributed by atoms with Gasteiger partial charge in [0.25, 0.3) is 0 Å². The van der Waals surface area contributed by atoms with Crippen LogP contribution in [0.25, 0.3) is 0 Å². The molecular weight excluding hydrogens is 284 g/mol. The molecular formula is C14H19F2NS2. The van der Waals surface area contributed by atoms with E-state index in [-0.39, 0.29) is 6.04 Å². The largest absolute Gasteiger partial charge is 0.309 e. The first-order valence-electron chi connectivity index (χ1n) is 6.59. The Hall–Kier alpha value is -0.260. The molecule has 0 aliphatic carbocycles. The Kier molecular flexibility index (Phi) is 5.98. The Labute approximate surface area is 121 Å². The van der Waals surface area contributed by atoms with Gasteiger partial charge in [-0.05, 0) is 30.7 Å². The summed E-state index contributed by atoms with van der Waals surface area (Å²) in [6, 6.07) is 3.87. The predicted molar refractivity (Wildman–Crippen MR) is 81.0 cm³/mol. The van der Waals surface area contributed by atoms with E-state index in [0.717, 1.165) is 36.1 Å². The van der Waals surface area contributed by atoms with E-state index in [9.17, 15) is 8.78 Å². The van der Waals surface area contributed by atoms with Crippen LogP contribution in [0, 0.1) is 11.6 Å². The molecule has 2 rings (SSSR count). The molecule has 0 aromatic heterocycles. The molecule has 1 aromatic rings. The van der Waals surface area contributed by atoms with Crippen LogP contribution in [-0.4, -0.2) is 29.1 Å². The molecule has 106 valence electrons. The van der Waals surface area contributed by atoms with Crippen LogP contribution in [0.4, 0.5) is 8.78 Å². The molecule has 1 aromatic carbocycles. The zero-order chi connectivity index (χ0) is 13.7. The molecule has 1 nitrogen and oxygen atoms in total. The molecule has 1 saturated heterocycles. The van der Waals surface area contributed by atoms with Crippen LogP contribution < -0.4 is 5.32 Å². The summed E-state index contributed by atoms with van der Waals surface area (Å²) < 4.78 is 26.8. The molecule has 1 aliphatic heterocycles. The van der Waals surface area contributed by atoms with E-state index in [1.807, 2.05) is 23.5 Å². The summed E-state index contributed by atoms with van der Waals surface area (Å²) >= 11 is 3.82. The fraction of sp³-hybridized carbons (Fsp3) is 0.571. The summed E-state index contributed by atoms with van der Waals surface area (Å²) in [4.78, 5) is 0. The van der Waals surface area contributed by atoms with Crippen molar-refractivity contribution in [2.45, 2.75) is 24.6 Å². The van der Waals surface area contributed by atoms with Gasteiger partial charge in [0.05, 0.1) is 0 Å². The van der Waals surface area contributed by atoms with Gasteiger partial charge in [0, 0.05) is 34.6 Å². The van der Waals surface area contributed by atoms with Crippen molar-refractivity contribution in [2.75, 3.05) is 23.8 Å². The normalized spacial score (nSPS) is 21.3. The van der Waals surface area contributed by atoms with Crippen molar-refractivity contribution >= 4 is 23.5 Å². The third kappa shape index (κ3) is 4.36. The lowest BCUT2D eigenvalue weighted by Crippen LogP contribution is -2.34. The van der Waals surface area contributed by atoms with Gasteiger partial charge in [-0.15, -0.1) is 0 Å². The standard InChI is InChI=1S/C14H19F2NS2/c1-2-3-17-14(13-9-18-4-5-19-13)10-6-11(15)8-12(16)7-10/h6-8,13-14,17H,2-5,9H2,1H3. The van der Waals surface area contributed by atoms with E-state index in [2.05, 4.69) is 12.2 Å². The van der Waals surface area contributed by atoms with Gasteiger partial charge in [-0.3, -0.25) is 0 Å². The van der Waals surface area contributed by atoms with Crippen molar-refractivity contribution in [3.05, 3.63) is 35.4 Å². The van der Waals surface area contributed by atoms with E-state index in [1.54, 1.807) is 0 Å². The van der Waals surface area contributed by atoms with Gasteiger partial charge in [-0.2, -0.15) is 23.5 Å². The summed E-state index contributed by atoms with van der Waals surface area (Å²) in [6.07, 6.45) is 1.01. The van der Waals surface area contributed by atoms with Gasteiger partial charge >= 0.3 is 0 Å². The number of rotatable bonds is 5. The molecule has 5 heteroatoms. The van der Waals surface area contributed by atoms with Crippen LogP contribution in [0.3, 0.4) is 0 Å². The minimum absolute atomic E-state index is 0.0305. The van der Waals surface area contributed by atoms with E-state index in [4.69, 9.17) is 0 Å². The van der Waals surface area contributed by atoms with Gasteiger partial charge in [0.2, 0.25) is 0 Å². The minimum atomic E-state index is -0.494. The van der Waals surface area contributed by atoms with Crippen molar-refractivity contribution in [3.8, 4) is 0 Å². The van der Waals surface area contributed by atoms with E-state index in [1.165, 1.54) is 17.9 Å². The van der Waals surface area contributed by atoms with Crippen molar-refractivity contribution in [2.24, 2.45) is 0 Å². The average Bonchev–Trinajstić information content (AvgIpc) is 2.39. The lowest BCUT2D eigenvalue weighted by Gasteiger charge is -2.30. The Morgan fingerprint density at radius 3 is 2.58 bits per heavy atom. The Balaban J connectivity index is 2.19. The SMILES string of the molecule is CCCNC(c1cc(F)cc(F)c1)C1CSCCS1. The number of hydrogen-bond donors (Lipinski definition) is 1. The highest BCUT2D eigenvalue weighted by atomic mass is 32.2. The number of hydrogen-bond acceptors (Lipinski definition) is 3. The van der Waals surface area contributed by atoms with E-state index >= 15 is 0 Å². The maximum absolute atomic E-state index is 13.4. The molecule has 0 spiro atoms. The summed E-state index contributed by atoms with van der Waals surface area (Å²) in [5.41, 5.74) is 0.728. The monoisotopic (exact) mass is 303 g/mol. The Morgan fingerprint density at radius 1 is 1.26 bits per heavy atom. The molecule has 0 radical (unpaired) electrons. The lowest BCUT2D eigenvalue weighted by atomic mass is 10.0. The maximum Gasteiger partial charge on any atom is 0.126 e. The fourth-order valence-corrected chi connectivity index (χ4v) is 5.09.